The lowest BCUT2D eigenvalue weighted by Gasteiger charge is -2.09. The molecule has 0 aliphatic heterocycles. The van der Waals surface area contributed by atoms with E-state index >= 15 is 0 Å². The van der Waals surface area contributed by atoms with Gasteiger partial charge in [-0.2, -0.15) is 0 Å². The molecule has 0 saturated carbocycles. The van der Waals surface area contributed by atoms with Crippen molar-refractivity contribution < 1.29 is 14.7 Å². The first-order chi connectivity index (χ1) is 7.21. The van der Waals surface area contributed by atoms with Gasteiger partial charge in [-0.05, 0) is 25.1 Å². The van der Waals surface area contributed by atoms with Gasteiger partial charge < -0.3 is 14.7 Å². The van der Waals surface area contributed by atoms with E-state index in [9.17, 15) is 0 Å². The van der Waals surface area contributed by atoms with Crippen LogP contribution >= 0.6 is 0 Å². The second-order valence-corrected chi connectivity index (χ2v) is 3.19. The van der Waals surface area contributed by atoms with Crippen LogP contribution in [0.15, 0.2) is 23.4 Å². The summed E-state index contributed by atoms with van der Waals surface area (Å²) in [5.74, 6) is 1.52. The van der Waals surface area contributed by atoms with Gasteiger partial charge in [0.05, 0.1) is 19.9 Å². The fraction of sp³-hybridized carbons (Fsp3) is 0.364. The molecule has 0 aliphatic rings. The summed E-state index contributed by atoms with van der Waals surface area (Å²) in [6, 6.07) is 5.53. The van der Waals surface area contributed by atoms with Crippen LogP contribution in [0.2, 0.25) is 0 Å². The Morgan fingerprint density at radius 1 is 1.33 bits per heavy atom. The SMILES string of the molecule is COc1ccc(OC)c(C/C(C)=N/O)c1. The highest BCUT2D eigenvalue weighted by Gasteiger charge is 2.06. The minimum Gasteiger partial charge on any atom is -0.497 e. The Kier molecular flexibility index (Phi) is 3.97. The second-order valence-electron chi connectivity index (χ2n) is 3.19. The lowest BCUT2D eigenvalue weighted by Crippen LogP contribution is -2.00. The smallest absolute Gasteiger partial charge is 0.122 e. The molecule has 1 aromatic rings. The number of hydrogen-bond acceptors (Lipinski definition) is 4. The van der Waals surface area contributed by atoms with Gasteiger partial charge in [0.2, 0.25) is 0 Å². The number of methoxy groups -OCH3 is 2. The van der Waals surface area contributed by atoms with Crippen molar-refractivity contribution in [1.29, 1.82) is 0 Å². The van der Waals surface area contributed by atoms with Crippen molar-refractivity contribution in [1.82, 2.24) is 0 Å². The van der Waals surface area contributed by atoms with Crippen LogP contribution in [0.3, 0.4) is 0 Å². The molecule has 0 atom stereocenters. The van der Waals surface area contributed by atoms with Crippen LogP contribution < -0.4 is 9.47 Å². The van der Waals surface area contributed by atoms with Crippen molar-refractivity contribution in [3.05, 3.63) is 23.8 Å². The first kappa shape index (κ1) is 11.4. The maximum atomic E-state index is 8.60. The average molecular weight is 209 g/mol. The molecule has 82 valence electrons. The molecular weight excluding hydrogens is 194 g/mol. The number of hydrogen-bond donors (Lipinski definition) is 1. The maximum Gasteiger partial charge on any atom is 0.122 e. The van der Waals surface area contributed by atoms with Gasteiger partial charge in [0.15, 0.2) is 0 Å². The van der Waals surface area contributed by atoms with Gasteiger partial charge in [-0.25, -0.2) is 0 Å². The Hall–Kier alpha value is -1.71. The number of oxime groups is 1. The highest BCUT2D eigenvalue weighted by Crippen LogP contribution is 2.24. The monoisotopic (exact) mass is 209 g/mol. The number of nitrogens with zero attached hydrogens (tertiary/aromatic N) is 1. The van der Waals surface area contributed by atoms with Crippen LogP contribution in [0.25, 0.3) is 0 Å². The predicted molar refractivity (Wildman–Crippen MR) is 58.1 cm³/mol. The molecule has 0 amide bonds. The molecule has 0 radical (unpaired) electrons. The average Bonchev–Trinajstić information content (AvgIpc) is 2.28. The molecule has 0 spiro atoms. The van der Waals surface area contributed by atoms with E-state index in [1.165, 1.54) is 0 Å². The number of benzene rings is 1. The normalized spacial score (nSPS) is 11.3. The third-order valence-corrected chi connectivity index (χ3v) is 2.10. The molecule has 0 unspecified atom stereocenters. The zero-order valence-corrected chi connectivity index (χ0v) is 9.15. The lowest BCUT2D eigenvalue weighted by molar-refractivity contribution is 0.317. The summed E-state index contributed by atoms with van der Waals surface area (Å²) in [5.41, 5.74) is 1.56. The van der Waals surface area contributed by atoms with E-state index in [2.05, 4.69) is 5.16 Å². The lowest BCUT2D eigenvalue weighted by atomic mass is 10.1. The van der Waals surface area contributed by atoms with E-state index in [0.29, 0.717) is 12.1 Å². The summed E-state index contributed by atoms with van der Waals surface area (Å²) in [6.45, 7) is 1.75. The molecule has 0 saturated heterocycles. The van der Waals surface area contributed by atoms with E-state index in [-0.39, 0.29) is 0 Å². The summed E-state index contributed by atoms with van der Waals surface area (Å²) in [5, 5.41) is 11.7. The van der Waals surface area contributed by atoms with E-state index in [4.69, 9.17) is 14.7 Å². The van der Waals surface area contributed by atoms with Gasteiger partial charge >= 0.3 is 0 Å². The zero-order valence-electron chi connectivity index (χ0n) is 9.15. The highest BCUT2D eigenvalue weighted by molar-refractivity contribution is 5.84. The molecule has 0 fully saturated rings. The van der Waals surface area contributed by atoms with Crippen molar-refractivity contribution >= 4 is 5.71 Å². The standard InChI is InChI=1S/C11H15NO3/c1-8(12-13)6-9-7-10(14-2)4-5-11(9)15-3/h4-5,7,13H,6H2,1-3H3/b12-8+. The molecule has 15 heavy (non-hydrogen) atoms. The summed E-state index contributed by atoms with van der Waals surface area (Å²) in [4.78, 5) is 0. The van der Waals surface area contributed by atoms with Crippen LogP contribution in [0.4, 0.5) is 0 Å². The Bertz CT molecular complexity index is 361. The largest absolute Gasteiger partial charge is 0.497 e. The third kappa shape index (κ3) is 2.87. The fourth-order valence-corrected chi connectivity index (χ4v) is 1.33. The minimum atomic E-state index is 0.539. The van der Waals surface area contributed by atoms with E-state index in [0.717, 1.165) is 17.1 Å². The van der Waals surface area contributed by atoms with Crippen molar-refractivity contribution in [2.24, 2.45) is 5.16 Å². The van der Waals surface area contributed by atoms with Crippen LogP contribution in [0, 0.1) is 0 Å². The number of rotatable bonds is 4. The van der Waals surface area contributed by atoms with Gasteiger partial charge in [-0.1, -0.05) is 5.16 Å². The molecule has 1 rings (SSSR count). The van der Waals surface area contributed by atoms with Crippen molar-refractivity contribution in [2.45, 2.75) is 13.3 Å². The predicted octanol–water partition coefficient (Wildman–Crippen LogP) is 2.10. The molecule has 0 aromatic heterocycles. The Morgan fingerprint density at radius 3 is 2.60 bits per heavy atom. The molecule has 4 heteroatoms. The first-order valence-corrected chi connectivity index (χ1v) is 4.59. The fourth-order valence-electron chi connectivity index (χ4n) is 1.33. The first-order valence-electron chi connectivity index (χ1n) is 4.59. The second kappa shape index (κ2) is 5.24. The van der Waals surface area contributed by atoms with Gasteiger partial charge in [0, 0.05) is 12.0 Å². The summed E-state index contributed by atoms with van der Waals surface area (Å²) in [7, 11) is 3.22. The maximum absolute atomic E-state index is 8.60. The van der Waals surface area contributed by atoms with E-state index in [1.807, 2.05) is 18.2 Å². The molecule has 1 N–H and O–H groups in total. The molecule has 1 aromatic carbocycles. The quantitative estimate of drug-likeness (QED) is 0.469. The third-order valence-electron chi connectivity index (χ3n) is 2.10. The summed E-state index contributed by atoms with van der Waals surface area (Å²) >= 11 is 0. The van der Waals surface area contributed by atoms with E-state index in [1.54, 1.807) is 21.1 Å². The molecular formula is C11H15NO3. The zero-order chi connectivity index (χ0) is 11.3. The van der Waals surface area contributed by atoms with Gasteiger partial charge in [-0.3, -0.25) is 0 Å². The van der Waals surface area contributed by atoms with Crippen molar-refractivity contribution in [3.8, 4) is 11.5 Å². The highest BCUT2D eigenvalue weighted by atomic mass is 16.5. The molecule has 0 aliphatic carbocycles. The van der Waals surface area contributed by atoms with Gasteiger partial charge in [0.25, 0.3) is 0 Å². The molecule has 0 bridgehead atoms. The van der Waals surface area contributed by atoms with Crippen molar-refractivity contribution in [2.75, 3.05) is 14.2 Å². The summed E-state index contributed by atoms with van der Waals surface area (Å²) < 4.78 is 10.3. The summed E-state index contributed by atoms with van der Waals surface area (Å²) in [6.07, 6.45) is 0.539. The van der Waals surface area contributed by atoms with E-state index < -0.39 is 0 Å². The Labute approximate surface area is 89.1 Å². The van der Waals surface area contributed by atoms with Gasteiger partial charge in [-0.15, -0.1) is 0 Å². The number of ether oxygens (including phenoxy) is 2. The van der Waals surface area contributed by atoms with Crippen LogP contribution in [-0.2, 0) is 6.42 Å². The topological polar surface area (TPSA) is 51.0 Å². The van der Waals surface area contributed by atoms with Crippen LogP contribution in [-0.4, -0.2) is 25.1 Å². The van der Waals surface area contributed by atoms with Crippen LogP contribution in [0.1, 0.15) is 12.5 Å². The minimum absolute atomic E-state index is 0.539. The molecule has 4 nitrogen and oxygen atoms in total. The van der Waals surface area contributed by atoms with Gasteiger partial charge in [0.1, 0.15) is 11.5 Å². The Morgan fingerprint density at radius 2 is 2.07 bits per heavy atom. The van der Waals surface area contributed by atoms with Crippen LogP contribution in [0.5, 0.6) is 11.5 Å². The molecule has 0 heterocycles. The van der Waals surface area contributed by atoms with Crippen molar-refractivity contribution in [3.63, 3.8) is 0 Å². The Balaban J connectivity index is 3.01.